The molecule has 0 aliphatic heterocycles. The largest absolute Gasteiger partial charge is 0.472 e. The number of carbonyl (C=O) groups excluding carboxylic acids is 1. The summed E-state index contributed by atoms with van der Waals surface area (Å²) in [6.07, 6.45) is 48.2. The predicted octanol–water partition coefficient (Wildman–Crippen LogP) is 15.0. The summed E-state index contributed by atoms with van der Waals surface area (Å²) in [6.45, 7) is 5.66. The molecule has 0 saturated heterocycles. The fourth-order valence-corrected chi connectivity index (χ4v) is 7.94. The molecule has 2 unspecified atom stereocenters. The first-order chi connectivity index (χ1) is 28.1. The summed E-state index contributed by atoms with van der Waals surface area (Å²) in [5.74, 6) is -0.317. The van der Waals surface area contributed by atoms with Gasteiger partial charge in [-0.2, -0.15) is 0 Å². The van der Waals surface area contributed by atoms with Gasteiger partial charge in [0, 0.05) is 13.0 Å². The van der Waals surface area contributed by atoms with Crippen molar-refractivity contribution >= 4 is 13.8 Å². The van der Waals surface area contributed by atoms with Gasteiger partial charge in [0.2, 0.25) is 0 Å². The van der Waals surface area contributed by atoms with Crippen molar-refractivity contribution in [3.8, 4) is 0 Å². The Bertz CT molecular complexity index is 940. The van der Waals surface area contributed by atoms with Gasteiger partial charge in [0.1, 0.15) is 19.3 Å². The van der Waals surface area contributed by atoms with Gasteiger partial charge >= 0.3 is 13.8 Å². The number of likely N-dealkylation sites (N-methyl/N-ethyl adjacent to an activating group) is 1. The van der Waals surface area contributed by atoms with Crippen LogP contribution in [0.3, 0.4) is 0 Å². The van der Waals surface area contributed by atoms with E-state index in [1.54, 1.807) is 0 Å². The normalized spacial score (nSPS) is 13.7. The molecule has 0 aliphatic carbocycles. The van der Waals surface area contributed by atoms with Crippen molar-refractivity contribution < 1.29 is 37.3 Å². The van der Waals surface area contributed by atoms with E-state index in [0.717, 1.165) is 38.5 Å². The third-order valence-electron chi connectivity index (χ3n) is 11.1. The van der Waals surface area contributed by atoms with E-state index in [9.17, 15) is 14.3 Å². The number of phosphoric acid groups is 1. The molecule has 0 fully saturated rings. The minimum atomic E-state index is -4.27. The van der Waals surface area contributed by atoms with Gasteiger partial charge in [-0.25, -0.2) is 4.57 Å². The topological polar surface area (TPSA) is 91.3 Å². The summed E-state index contributed by atoms with van der Waals surface area (Å²) >= 11 is 0. The summed E-state index contributed by atoms with van der Waals surface area (Å²) < 4.78 is 35.1. The van der Waals surface area contributed by atoms with Gasteiger partial charge in [0.15, 0.2) is 0 Å². The van der Waals surface area contributed by atoms with Crippen molar-refractivity contribution in [1.29, 1.82) is 0 Å². The van der Waals surface area contributed by atoms with E-state index in [-0.39, 0.29) is 25.8 Å². The molecule has 0 aromatic carbocycles. The molecule has 0 rings (SSSR count). The maximum Gasteiger partial charge on any atom is 0.472 e. The van der Waals surface area contributed by atoms with Crippen molar-refractivity contribution in [1.82, 2.24) is 0 Å². The van der Waals surface area contributed by atoms with Crippen LogP contribution in [-0.2, 0) is 27.9 Å². The molecule has 2 atom stereocenters. The van der Waals surface area contributed by atoms with Crippen LogP contribution in [0.2, 0.25) is 0 Å². The van der Waals surface area contributed by atoms with E-state index < -0.39 is 13.9 Å². The average Bonchev–Trinajstić information content (AvgIpc) is 3.18. The standard InChI is InChI=1S/C49H98NO7P/c1-6-8-10-12-14-16-18-20-22-23-24-25-26-27-29-31-33-35-37-39-41-44-54-46-48(47-56-58(52,53)55-45-43-50(3,4)5)57-49(51)42-40-38-36-34-32-30-28-21-19-17-15-13-11-9-7-2/h21,28,48H,6-20,22-27,29-47H2,1-5H3/p+1/b28-21-. The fourth-order valence-electron chi connectivity index (χ4n) is 7.20. The Labute approximate surface area is 360 Å². The molecule has 0 bridgehead atoms. The lowest BCUT2D eigenvalue weighted by Gasteiger charge is -2.24. The highest BCUT2D eigenvalue weighted by atomic mass is 31.2. The van der Waals surface area contributed by atoms with E-state index in [2.05, 4.69) is 26.0 Å². The zero-order valence-corrected chi connectivity index (χ0v) is 40.2. The van der Waals surface area contributed by atoms with Gasteiger partial charge in [-0.3, -0.25) is 13.8 Å². The van der Waals surface area contributed by atoms with E-state index in [1.165, 1.54) is 180 Å². The highest BCUT2D eigenvalue weighted by Crippen LogP contribution is 2.43. The number of quaternary nitrogens is 1. The molecule has 58 heavy (non-hydrogen) atoms. The molecule has 0 aromatic rings. The minimum Gasteiger partial charge on any atom is -0.457 e. The Balaban J connectivity index is 4.10. The Morgan fingerprint density at radius 2 is 0.897 bits per heavy atom. The van der Waals surface area contributed by atoms with Crippen LogP contribution in [0.15, 0.2) is 12.2 Å². The van der Waals surface area contributed by atoms with E-state index in [1.807, 2.05) is 21.1 Å². The van der Waals surface area contributed by atoms with Gasteiger partial charge in [0.25, 0.3) is 0 Å². The number of esters is 1. The Morgan fingerprint density at radius 1 is 0.517 bits per heavy atom. The van der Waals surface area contributed by atoms with Crippen molar-refractivity contribution in [2.45, 2.75) is 245 Å². The summed E-state index contributed by atoms with van der Waals surface area (Å²) in [4.78, 5) is 22.9. The lowest BCUT2D eigenvalue weighted by molar-refractivity contribution is -0.870. The van der Waals surface area contributed by atoms with Gasteiger partial charge < -0.3 is 18.9 Å². The monoisotopic (exact) mass is 845 g/mol. The molecule has 0 radical (unpaired) electrons. The molecule has 9 heteroatoms. The molecule has 0 saturated carbocycles. The smallest absolute Gasteiger partial charge is 0.457 e. The van der Waals surface area contributed by atoms with Crippen LogP contribution >= 0.6 is 7.82 Å². The second-order valence-electron chi connectivity index (χ2n) is 18.2. The number of ether oxygens (including phenoxy) is 2. The lowest BCUT2D eigenvalue weighted by atomic mass is 10.0. The molecule has 8 nitrogen and oxygen atoms in total. The fraction of sp³-hybridized carbons (Fsp3) is 0.939. The molecule has 0 aromatic heterocycles. The third kappa shape index (κ3) is 46.3. The van der Waals surface area contributed by atoms with Crippen LogP contribution in [0, 0.1) is 0 Å². The number of allylic oxidation sites excluding steroid dienone is 2. The van der Waals surface area contributed by atoms with Gasteiger partial charge in [-0.05, 0) is 38.5 Å². The number of rotatable bonds is 47. The van der Waals surface area contributed by atoms with Crippen LogP contribution in [0.25, 0.3) is 0 Å². The quantitative estimate of drug-likeness (QED) is 0.0214. The molecule has 0 spiro atoms. The van der Waals surface area contributed by atoms with Crippen molar-refractivity contribution in [3.63, 3.8) is 0 Å². The average molecular weight is 845 g/mol. The SMILES string of the molecule is CCCCCCCC/C=C\CCCCCCCC(=O)OC(COCCCCCCCCCCCCCCCCCCCCCCC)COP(=O)(O)OCC[N+](C)(C)C. The Morgan fingerprint density at radius 3 is 1.31 bits per heavy atom. The zero-order valence-electron chi connectivity index (χ0n) is 39.3. The van der Waals surface area contributed by atoms with Crippen molar-refractivity contribution in [2.75, 3.05) is 54.1 Å². The number of phosphoric ester groups is 1. The van der Waals surface area contributed by atoms with Crippen LogP contribution in [-0.4, -0.2) is 75.6 Å². The van der Waals surface area contributed by atoms with Crippen molar-refractivity contribution in [2.24, 2.45) is 0 Å². The summed E-state index contributed by atoms with van der Waals surface area (Å²) in [5.41, 5.74) is 0. The first-order valence-corrected chi connectivity index (χ1v) is 26.4. The van der Waals surface area contributed by atoms with E-state index >= 15 is 0 Å². The minimum absolute atomic E-state index is 0.0905. The molecule has 1 N–H and O–H groups in total. The first kappa shape index (κ1) is 57.2. The summed E-state index contributed by atoms with van der Waals surface area (Å²) in [6, 6.07) is 0. The highest BCUT2D eigenvalue weighted by Gasteiger charge is 2.26. The molecule has 0 amide bonds. The molecule has 0 aliphatic rings. The van der Waals surface area contributed by atoms with Crippen LogP contribution in [0.1, 0.15) is 239 Å². The van der Waals surface area contributed by atoms with Crippen LogP contribution in [0.4, 0.5) is 0 Å². The summed E-state index contributed by atoms with van der Waals surface area (Å²) in [5, 5.41) is 0. The first-order valence-electron chi connectivity index (χ1n) is 24.9. The van der Waals surface area contributed by atoms with Crippen molar-refractivity contribution in [3.05, 3.63) is 12.2 Å². The van der Waals surface area contributed by atoms with Crippen LogP contribution in [0.5, 0.6) is 0 Å². The zero-order chi connectivity index (χ0) is 42.7. The second kappa shape index (κ2) is 42.9. The van der Waals surface area contributed by atoms with Gasteiger partial charge in [-0.1, -0.05) is 206 Å². The molecular formula is C49H99NO7P+. The lowest BCUT2D eigenvalue weighted by Crippen LogP contribution is -2.37. The highest BCUT2D eigenvalue weighted by molar-refractivity contribution is 7.47. The number of hydrogen-bond acceptors (Lipinski definition) is 6. The molecular weight excluding hydrogens is 746 g/mol. The van der Waals surface area contributed by atoms with Crippen LogP contribution < -0.4 is 0 Å². The predicted molar refractivity (Wildman–Crippen MR) is 247 cm³/mol. The maximum absolute atomic E-state index is 12.7. The van der Waals surface area contributed by atoms with Gasteiger partial charge in [-0.15, -0.1) is 0 Å². The Hall–Kier alpha value is -0.760. The van der Waals surface area contributed by atoms with E-state index in [0.29, 0.717) is 24.1 Å². The van der Waals surface area contributed by atoms with Gasteiger partial charge in [0.05, 0.1) is 34.4 Å². The Kier molecular flexibility index (Phi) is 42.3. The van der Waals surface area contributed by atoms with E-state index in [4.69, 9.17) is 18.5 Å². The number of unbranched alkanes of at least 4 members (excludes halogenated alkanes) is 31. The molecule has 0 heterocycles. The number of carbonyl (C=O) groups is 1. The summed E-state index contributed by atoms with van der Waals surface area (Å²) in [7, 11) is 1.68. The number of nitrogens with zero attached hydrogens (tertiary/aromatic N) is 1. The third-order valence-corrected chi connectivity index (χ3v) is 12.1. The second-order valence-corrected chi connectivity index (χ2v) is 19.7. The molecule has 346 valence electrons. The maximum atomic E-state index is 12.7. The number of hydrogen-bond donors (Lipinski definition) is 1.